The summed E-state index contributed by atoms with van der Waals surface area (Å²) < 4.78 is 0. The van der Waals surface area contributed by atoms with Crippen molar-refractivity contribution in [3.8, 4) is 0 Å². The molecule has 1 atom stereocenters. The molecule has 0 spiro atoms. The Kier molecular flexibility index (Phi) is 5.59. The number of carbonyl (C=O) groups is 1. The Morgan fingerprint density at radius 1 is 1.33 bits per heavy atom. The number of para-hydroxylation sites is 1. The number of amides is 1. The molecule has 24 heavy (non-hydrogen) atoms. The second kappa shape index (κ2) is 8.06. The number of carbonyl (C=O) groups excluding carboxylic acids is 1. The minimum Gasteiger partial charge on any atom is -0.356 e. The third kappa shape index (κ3) is 4.41. The molecular formula is C18H24N4O2. The van der Waals surface area contributed by atoms with Gasteiger partial charge in [0.25, 0.3) is 5.56 Å². The molecule has 0 radical (unpaired) electrons. The van der Waals surface area contributed by atoms with Crippen molar-refractivity contribution in [3.05, 3.63) is 40.4 Å². The number of hydrogen-bond acceptors (Lipinski definition) is 4. The molecule has 6 nitrogen and oxygen atoms in total. The molecule has 1 aromatic carbocycles. The molecule has 6 heteroatoms. The zero-order valence-electron chi connectivity index (χ0n) is 13.8. The largest absolute Gasteiger partial charge is 0.356 e. The van der Waals surface area contributed by atoms with E-state index < -0.39 is 0 Å². The van der Waals surface area contributed by atoms with E-state index in [9.17, 15) is 9.59 Å². The van der Waals surface area contributed by atoms with E-state index in [0.717, 1.165) is 26.1 Å². The fraction of sp³-hybridized carbons (Fsp3) is 0.500. The normalized spacial score (nSPS) is 17.2. The van der Waals surface area contributed by atoms with E-state index >= 15 is 0 Å². The molecule has 2 heterocycles. The number of nitrogens with zero attached hydrogens (tertiary/aromatic N) is 1. The van der Waals surface area contributed by atoms with Gasteiger partial charge in [-0.1, -0.05) is 12.1 Å². The number of H-pyrrole nitrogens is 1. The van der Waals surface area contributed by atoms with Gasteiger partial charge in [0.1, 0.15) is 5.82 Å². The fourth-order valence-corrected chi connectivity index (χ4v) is 3.13. The molecule has 0 aliphatic carbocycles. The molecule has 2 aromatic rings. The zero-order chi connectivity index (χ0) is 16.8. The SMILES string of the molecule is O=C(CCCc1nc2ccccc2c(=O)[nH]1)NCCC1CCNC1. The minimum atomic E-state index is -0.120. The van der Waals surface area contributed by atoms with Gasteiger partial charge < -0.3 is 15.6 Å². The Morgan fingerprint density at radius 2 is 2.21 bits per heavy atom. The molecule has 1 amide bonds. The number of aromatic amines is 1. The first-order valence-electron chi connectivity index (χ1n) is 8.68. The Balaban J connectivity index is 1.42. The van der Waals surface area contributed by atoms with Gasteiger partial charge in [0, 0.05) is 19.4 Å². The Labute approximate surface area is 141 Å². The van der Waals surface area contributed by atoms with Crippen LogP contribution in [0.25, 0.3) is 10.9 Å². The molecule has 3 rings (SSSR count). The second-order valence-corrected chi connectivity index (χ2v) is 6.38. The summed E-state index contributed by atoms with van der Waals surface area (Å²) in [5, 5.41) is 6.91. The summed E-state index contributed by atoms with van der Waals surface area (Å²) in [6.07, 6.45) is 3.98. The van der Waals surface area contributed by atoms with Crippen molar-refractivity contribution in [3.63, 3.8) is 0 Å². The third-order valence-electron chi connectivity index (χ3n) is 4.52. The number of hydrogen-bond donors (Lipinski definition) is 3. The monoisotopic (exact) mass is 328 g/mol. The average Bonchev–Trinajstić information content (AvgIpc) is 3.08. The van der Waals surface area contributed by atoms with Gasteiger partial charge in [0.05, 0.1) is 10.9 Å². The van der Waals surface area contributed by atoms with Gasteiger partial charge in [0.2, 0.25) is 5.91 Å². The van der Waals surface area contributed by atoms with Crippen molar-refractivity contribution in [2.75, 3.05) is 19.6 Å². The number of nitrogens with one attached hydrogen (secondary N) is 3. The number of benzene rings is 1. The topological polar surface area (TPSA) is 86.9 Å². The maximum atomic E-state index is 12.0. The highest BCUT2D eigenvalue weighted by atomic mass is 16.1. The van der Waals surface area contributed by atoms with Crippen LogP contribution in [0.4, 0.5) is 0 Å². The molecule has 0 bridgehead atoms. The quantitative estimate of drug-likeness (QED) is 0.716. The van der Waals surface area contributed by atoms with Crippen molar-refractivity contribution < 1.29 is 4.79 Å². The summed E-state index contributed by atoms with van der Waals surface area (Å²) in [6, 6.07) is 7.29. The van der Waals surface area contributed by atoms with Crippen LogP contribution in [0.15, 0.2) is 29.1 Å². The lowest BCUT2D eigenvalue weighted by molar-refractivity contribution is -0.121. The number of aryl methyl sites for hydroxylation is 1. The average molecular weight is 328 g/mol. The standard InChI is InChI=1S/C18H24N4O2/c23-17(20-11-9-13-8-10-19-12-13)7-3-6-16-21-15-5-2-1-4-14(15)18(24)22-16/h1-2,4-5,13,19H,3,6-12H2,(H,20,23)(H,21,22,24). The lowest BCUT2D eigenvalue weighted by Crippen LogP contribution is -2.26. The summed E-state index contributed by atoms with van der Waals surface area (Å²) >= 11 is 0. The molecule has 128 valence electrons. The summed E-state index contributed by atoms with van der Waals surface area (Å²) in [5.41, 5.74) is 0.580. The van der Waals surface area contributed by atoms with Crippen molar-refractivity contribution in [2.45, 2.75) is 32.1 Å². The van der Waals surface area contributed by atoms with Crippen LogP contribution >= 0.6 is 0 Å². The van der Waals surface area contributed by atoms with Crippen molar-refractivity contribution in [1.82, 2.24) is 20.6 Å². The Hall–Kier alpha value is -2.21. The van der Waals surface area contributed by atoms with E-state index in [1.54, 1.807) is 6.07 Å². The van der Waals surface area contributed by atoms with Gasteiger partial charge in [-0.3, -0.25) is 9.59 Å². The molecule has 0 saturated carbocycles. The highest BCUT2D eigenvalue weighted by molar-refractivity contribution is 5.77. The van der Waals surface area contributed by atoms with Crippen LogP contribution in [0.5, 0.6) is 0 Å². The molecule has 1 saturated heterocycles. The predicted molar refractivity (Wildman–Crippen MR) is 93.9 cm³/mol. The number of aromatic nitrogens is 2. The van der Waals surface area contributed by atoms with Crippen LogP contribution in [0.2, 0.25) is 0 Å². The van der Waals surface area contributed by atoms with E-state index in [1.165, 1.54) is 6.42 Å². The molecule has 1 unspecified atom stereocenters. The minimum absolute atomic E-state index is 0.0732. The van der Waals surface area contributed by atoms with Crippen molar-refractivity contribution in [2.24, 2.45) is 5.92 Å². The third-order valence-corrected chi connectivity index (χ3v) is 4.52. The van der Waals surface area contributed by atoms with Crippen LogP contribution < -0.4 is 16.2 Å². The first-order chi connectivity index (χ1) is 11.7. The van der Waals surface area contributed by atoms with E-state index in [-0.39, 0.29) is 11.5 Å². The van der Waals surface area contributed by atoms with E-state index in [0.29, 0.717) is 41.9 Å². The molecule has 1 fully saturated rings. The highest BCUT2D eigenvalue weighted by Gasteiger charge is 2.14. The van der Waals surface area contributed by atoms with Gasteiger partial charge in [-0.2, -0.15) is 0 Å². The fourth-order valence-electron chi connectivity index (χ4n) is 3.13. The highest BCUT2D eigenvalue weighted by Crippen LogP contribution is 2.11. The van der Waals surface area contributed by atoms with E-state index in [4.69, 9.17) is 0 Å². The summed E-state index contributed by atoms with van der Waals surface area (Å²) in [4.78, 5) is 31.1. The molecule has 1 aliphatic rings. The second-order valence-electron chi connectivity index (χ2n) is 6.38. The van der Waals surface area contributed by atoms with Crippen LogP contribution in [-0.4, -0.2) is 35.5 Å². The van der Waals surface area contributed by atoms with Crippen LogP contribution in [0.1, 0.15) is 31.5 Å². The van der Waals surface area contributed by atoms with Gasteiger partial charge >= 0.3 is 0 Å². The lowest BCUT2D eigenvalue weighted by Gasteiger charge is -2.09. The lowest BCUT2D eigenvalue weighted by atomic mass is 10.1. The summed E-state index contributed by atoms with van der Waals surface area (Å²) in [5.74, 6) is 1.41. The van der Waals surface area contributed by atoms with Crippen LogP contribution in [-0.2, 0) is 11.2 Å². The Morgan fingerprint density at radius 3 is 3.04 bits per heavy atom. The van der Waals surface area contributed by atoms with E-state index in [1.807, 2.05) is 18.2 Å². The van der Waals surface area contributed by atoms with Gasteiger partial charge in [-0.25, -0.2) is 4.98 Å². The molecular weight excluding hydrogens is 304 g/mol. The van der Waals surface area contributed by atoms with Gasteiger partial charge in [-0.05, 0) is 50.4 Å². The van der Waals surface area contributed by atoms with Crippen LogP contribution in [0.3, 0.4) is 0 Å². The van der Waals surface area contributed by atoms with E-state index in [2.05, 4.69) is 20.6 Å². The molecule has 1 aliphatic heterocycles. The number of fused-ring (bicyclic) bond motifs is 1. The molecule has 1 aromatic heterocycles. The Bertz CT molecular complexity index is 750. The molecule has 3 N–H and O–H groups in total. The van der Waals surface area contributed by atoms with Crippen molar-refractivity contribution >= 4 is 16.8 Å². The summed E-state index contributed by atoms with van der Waals surface area (Å²) in [6.45, 7) is 2.91. The first kappa shape index (κ1) is 16.6. The maximum Gasteiger partial charge on any atom is 0.258 e. The predicted octanol–water partition coefficient (Wildman–Crippen LogP) is 1.36. The van der Waals surface area contributed by atoms with Crippen LogP contribution in [0, 0.1) is 5.92 Å². The van der Waals surface area contributed by atoms with Gasteiger partial charge in [-0.15, -0.1) is 0 Å². The summed E-state index contributed by atoms with van der Waals surface area (Å²) in [7, 11) is 0. The first-order valence-corrected chi connectivity index (χ1v) is 8.68. The number of rotatable bonds is 7. The maximum absolute atomic E-state index is 12.0. The zero-order valence-corrected chi connectivity index (χ0v) is 13.8. The van der Waals surface area contributed by atoms with Gasteiger partial charge in [0.15, 0.2) is 0 Å². The smallest absolute Gasteiger partial charge is 0.258 e. The van der Waals surface area contributed by atoms with Crippen molar-refractivity contribution in [1.29, 1.82) is 0 Å².